The van der Waals surface area contributed by atoms with Gasteiger partial charge in [-0.05, 0) is 50.2 Å². The van der Waals surface area contributed by atoms with Gasteiger partial charge in [0.1, 0.15) is 21.3 Å². The molecule has 162 valence electrons. The van der Waals surface area contributed by atoms with E-state index in [0.717, 1.165) is 0 Å². The van der Waals surface area contributed by atoms with Crippen LogP contribution in [0.15, 0.2) is 60.8 Å². The monoisotopic (exact) mass is 450 g/mol. The van der Waals surface area contributed by atoms with E-state index in [9.17, 15) is 14.0 Å². The first-order valence-corrected chi connectivity index (χ1v) is 10.6. The molecule has 0 aliphatic rings. The zero-order valence-corrected chi connectivity index (χ0v) is 18.1. The van der Waals surface area contributed by atoms with Gasteiger partial charge in [0.15, 0.2) is 5.82 Å². The fourth-order valence-corrected chi connectivity index (χ4v) is 4.05. The van der Waals surface area contributed by atoms with Crippen molar-refractivity contribution < 1.29 is 18.7 Å². The van der Waals surface area contributed by atoms with E-state index in [1.807, 2.05) is 30.3 Å². The molecule has 0 aliphatic heterocycles. The lowest BCUT2D eigenvalue weighted by Crippen LogP contribution is -2.18. The molecule has 0 aliphatic carbocycles. The highest BCUT2D eigenvalue weighted by molar-refractivity contribution is 7.17. The standard InChI is InChI=1S/C23H19FN4O3S/c1-3-31-23(30)18-13-25-28(17-7-5-4-6-8-17)20(18)27-21(29)19-14(2)26-22(32-19)15-9-11-16(24)12-10-15/h4-13H,3H2,1-2H3,(H,27,29). The summed E-state index contributed by atoms with van der Waals surface area (Å²) in [6, 6.07) is 15.0. The lowest BCUT2D eigenvalue weighted by atomic mass is 10.2. The molecule has 0 radical (unpaired) electrons. The maximum absolute atomic E-state index is 13.2. The summed E-state index contributed by atoms with van der Waals surface area (Å²) in [6.07, 6.45) is 1.37. The lowest BCUT2D eigenvalue weighted by Gasteiger charge is -2.10. The molecule has 4 aromatic rings. The highest BCUT2D eigenvalue weighted by Gasteiger charge is 2.24. The molecule has 7 nitrogen and oxygen atoms in total. The van der Waals surface area contributed by atoms with Crippen molar-refractivity contribution in [2.24, 2.45) is 0 Å². The van der Waals surface area contributed by atoms with E-state index in [0.29, 0.717) is 26.8 Å². The van der Waals surface area contributed by atoms with E-state index < -0.39 is 11.9 Å². The first-order chi connectivity index (χ1) is 15.5. The summed E-state index contributed by atoms with van der Waals surface area (Å²) in [5.74, 6) is -1.16. The average molecular weight is 450 g/mol. The number of hydrogen-bond donors (Lipinski definition) is 1. The third-order valence-corrected chi connectivity index (χ3v) is 5.80. The van der Waals surface area contributed by atoms with Crippen LogP contribution in [0.5, 0.6) is 0 Å². The van der Waals surface area contributed by atoms with Gasteiger partial charge in [-0.25, -0.2) is 18.9 Å². The Bertz CT molecular complexity index is 1270. The van der Waals surface area contributed by atoms with Gasteiger partial charge in [0.25, 0.3) is 5.91 Å². The fourth-order valence-electron chi connectivity index (χ4n) is 3.08. The lowest BCUT2D eigenvalue weighted by molar-refractivity contribution is 0.0527. The third-order valence-electron chi connectivity index (χ3n) is 4.59. The summed E-state index contributed by atoms with van der Waals surface area (Å²) in [5, 5.41) is 7.66. The van der Waals surface area contributed by atoms with Crippen LogP contribution < -0.4 is 5.32 Å². The number of anilines is 1. The highest BCUT2D eigenvalue weighted by atomic mass is 32.1. The molecule has 0 fully saturated rings. The number of carbonyl (C=O) groups is 2. The van der Waals surface area contributed by atoms with Crippen LogP contribution in [0.25, 0.3) is 16.3 Å². The van der Waals surface area contributed by atoms with Gasteiger partial charge >= 0.3 is 5.97 Å². The zero-order chi connectivity index (χ0) is 22.7. The quantitative estimate of drug-likeness (QED) is 0.424. The molecule has 2 heterocycles. The first-order valence-electron chi connectivity index (χ1n) is 9.83. The minimum absolute atomic E-state index is 0.143. The van der Waals surface area contributed by atoms with Crippen molar-refractivity contribution in [3.63, 3.8) is 0 Å². The average Bonchev–Trinajstić information content (AvgIpc) is 3.39. The Morgan fingerprint density at radius 3 is 2.53 bits per heavy atom. The third kappa shape index (κ3) is 4.28. The maximum Gasteiger partial charge on any atom is 0.343 e. The molecular weight excluding hydrogens is 431 g/mol. The topological polar surface area (TPSA) is 86.1 Å². The molecule has 1 N–H and O–H groups in total. The minimum atomic E-state index is -0.585. The van der Waals surface area contributed by atoms with Crippen molar-refractivity contribution in [3.05, 3.63) is 82.7 Å². The second-order valence-electron chi connectivity index (χ2n) is 6.77. The summed E-state index contributed by atoms with van der Waals surface area (Å²) in [4.78, 5) is 30.4. The van der Waals surface area contributed by atoms with Gasteiger partial charge < -0.3 is 10.1 Å². The Kier molecular flexibility index (Phi) is 6.09. The molecule has 4 rings (SSSR count). The number of rotatable bonds is 6. The number of halogens is 1. The summed E-state index contributed by atoms with van der Waals surface area (Å²) in [5.41, 5.74) is 2.05. The number of hydrogen-bond acceptors (Lipinski definition) is 6. The number of carbonyl (C=O) groups excluding carboxylic acids is 2. The molecule has 2 aromatic heterocycles. The van der Waals surface area contributed by atoms with Crippen molar-refractivity contribution >= 4 is 29.0 Å². The second kappa shape index (κ2) is 9.11. The molecular formula is C23H19FN4O3S. The predicted octanol–water partition coefficient (Wildman–Crippen LogP) is 4.87. The van der Waals surface area contributed by atoms with Gasteiger partial charge in [-0.15, -0.1) is 11.3 Å². The van der Waals surface area contributed by atoms with Crippen molar-refractivity contribution in [1.29, 1.82) is 0 Å². The van der Waals surface area contributed by atoms with Gasteiger partial charge in [-0.2, -0.15) is 5.10 Å². The molecule has 0 bridgehead atoms. The molecule has 0 unspecified atom stereocenters. The number of aryl methyl sites for hydroxylation is 1. The number of benzene rings is 2. The number of ether oxygens (including phenoxy) is 1. The molecule has 0 saturated carbocycles. The van der Waals surface area contributed by atoms with Gasteiger partial charge in [0.05, 0.1) is 24.2 Å². The number of esters is 1. The predicted molar refractivity (Wildman–Crippen MR) is 120 cm³/mol. The summed E-state index contributed by atoms with van der Waals surface area (Å²) < 4.78 is 19.8. The highest BCUT2D eigenvalue weighted by Crippen LogP contribution is 2.29. The van der Waals surface area contributed by atoms with Crippen LogP contribution >= 0.6 is 11.3 Å². The summed E-state index contributed by atoms with van der Waals surface area (Å²) in [6.45, 7) is 3.62. The maximum atomic E-state index is 13.2. The summed E-state index contributed by atoms with van der Waals surface area (Å²) in [7, 11) is 0. The number of nitrogens with zero attached hydrogens (tertiary/aromatic N) is 3. The zero-order valence-electron chi connectivity index (χ0n) is 17.3. The number of nitrogens with one attached hydrogen (secondary N) is 1. The van der Waals surface area contributed by atoms with E-state index in [1.165, 1.54) is 34.3 Å². The van der Waals surface area contributed by atoms with E-state index in [2.05, 4.69) is 15.4 Å². The van der Waals surface area contributed by atoms with Crippen LogP contribution in [0.1, 0.15) is 32.6 Å². The van der Waals surface area contributed by atoms with Gasteiger partial charge in [-0.3, -0.25) is 4.79 Å². The first kappa shape index (κ1) is 21.4. The van der Waals surface area contributed by atoms with Crippen LogP contribution in [-0.2, 0) is 4.74 Å². The Morgan fingerprint density at radius 1 is 1.12 bits per heavy atom. The van der Waals surface area contributed by atoms with Gasteiger partial charge in [0.2, 0.25) is 0 Å². The van der Waals surface area contributed by atoms with E-state index >= 15 is 0 Å². The number of thiazole rings is 1. The Hall–Kier alpha value is -3.85. The van der Waals surface area contributed by atoms with Gasteiger partial charge in [-0.1, -0.05) is 18.2 Å². The van der Waals surface area contributed by atoms with E-state index in [4.69, 9.17) is 4.74 Å². The van der Waals surface area contributed by atoms with Crippen LogP contribution in [0.3, 0.4) is 0 Å². The normalized spacial score (nSPS) is 10.7. The van der Waals surface area contributed by atoms with Crippen LogP contribution in [0.2, 0.25) is 0 Å². The molecule has 32 heavy (non-hydrogen) atoms. The SMILES string of the molecule is CCOC(=O)c1cnn(-c2ccccc2)c1NC(=O)c1sc(-c2ccc(F)cc2)nc1C. The second-order valence-corrected chi connectivity index (χ2v) is 7.77. The summed E-state index contributed by atoms with van der Waals surface area (Å²) >= 11 is 1.18. The van der Waals surface area contributed by atoms with E-state index in [1.54, 1.807) is 26.0 Å². The van der Waals surface area contributed by atoms with Crippen molar-refractivity contribution in [1.82, 2.24) is 14.8 Å². The smallest absolute Gasteiger partial charge is 0.343 e. The molecule has 0 spiro atoms. The number of amides is 1. The van der Waals surface area contributed by atoms with Crippen LogP contribution in [0.4, 0.5) is 10.2 Å². The van der Waals surface area contributed by atoms with Crippen molar-refractivity contribution in [2.75, 3.05) is 11.9 Å². The van der Waals surface area contributed by atoms with Gasteiger partial charge in [0, 0.05) is 5.56 Å². The minimum Gasteiger partial charge on any atom is -0.462 e. The largest absolute Gasteiger partial charge is 0.462 e. The fraction of sp³-hybridized carbons (Fsp3) is 0.130. The van der Waals surface area contributed by atoms with Crippen molar-refractivity contribution in [3.8, 4) is 16.3 Å². The van der Waals surface area contributed by atoms with Crippen molar-refractivity contribution in [2.45, 2.75) is 13.8 Å². The molecule has 0 atom stereocenters. The molecule has 9 heteroatoms. The van der Waals surface area contributed by atoms with Crippen LogP contribution in [-0.4, -0.2) is 33.2 Å². The number of para-hydroxylation sites is 1. The number of aromatic nitrogens is 3. The van der Waals surface area contributed by atoms with E-state index in [-0.39, 0.29) is 23.8 Å². The molecule has 0 saturated heterocycles. The molecule has 1 amide bonds. The van der Waals surface area contributed by atoms with Crippen LogP contribution in [0, 0.1) is 12.7 Å². The Balaban J connectivity index is 1.69. The Morgan fingerprint density at radius 2 is 1.84 bits per heavy atom. The Labute approximate surface area is 187 Å². The molecule has 2 aromatic carbocycles.